The van der Waals surface area contributed by atoms with Crippen LogP contribution in [0.15, 0.2) is 12.2 Å². The van der Waals surface area contributed by atoms with Crippen molar-refractivity contribution in [1.29, 1.82) is 0 Å². The fraction of sp³-hybridized carbons (Fsp3) is 0.800. The van der Waals surface area contributed by atoms with Crippen molar-refractivity contribution >= 4 is 0 Å². The molecule has 2 aliphatic heterocycles. The molecule has 0 bridgehead atoms. The molecular weight excluding hydrogens is 152 g/mol. The third-order valence-electron chi connectivity index (χ3n) is 2.66. The van der Waals surface area contributed by atoms with Crippen LogP contribution in [-0.4, -0.2) is 25.9 Å². The van der Waals surface area contributed by atoms with Crippen LogP contribution in [0.3, 0.4) is 0 Å². The van der Waals surface area contributed by atoms with Crippen LogP contribution in [0.5, 0.6) is 0 Å². The summed E-state index contributed by atoms with van der Waals surface area (Å²) in [5, 5.41) is 0. The van der Waals surface area contributed by atoms with Crippen LogP contribution in [0.2, 0.25) is 0 Å². The highest BCUT2D eigenvalue weighted by molar-refractivity contribution is 4.91. The Kier molecular flexibility index (Phi) is 2.79. The van der Waals surface area contributed by atoms with E-state index in [-0.39, 0.29) is 0 Å². The molecule has 2 rings (SSSR count). The van der Waals surface area contributed by atoms with Gasteiger partial charge < -0.3 is 9.47 Å². The molecule has 1 saturated heterocycles. The van der Waals surface area contributed by atoms with Gasteiger partial charge in [-0.2, -0.15) is 0 Å². The Bertz CT molecular complexity index is 159. The maximum Gasteiger partial charge on any atom is 0.0663 e. The van der Waals surface area contributed by atoms with Crippen molar-refractivity contribution in [1.82, 2.24) is 0 Å². The van der Waals surface area contributed by atoms with Crippen molar-refractivity contribution in [3.8, 4) is 0 Å². The molecule has 0 aliphatic carbocycles. The summed E-state index contributed by atoms with van der Waals surface area (Å²) in [6, 6.07) is 0. The third-order valence-corrected chi connectivity index (χ3v) is 2.66. The summed E-state index contributed by atoms with van der Waals surface area (Å²) in [7, 11) is 0. The lowest BCUT2D eigenvalue weighted by molar-refractivity contribution is -0.0412. The highest BCUT2D eigenvalue weighted by atomic mass is 16.5. The maximum atomic E-state index is 5.65. The predicted molar refractivity (Wildman–Crippen MR) is 47.0 cm³/mol. The average molecular weight is 168 g/mol. The fourth-order valence-electron chi connectivity index (χ4n) is 1.93. The van der Waals surface area contributed by atoms with Crippen LogP contribution >= 0.6 is 0 Å². The van der Waals surface area contributed by atoms with E-state index in [1.807, 2.05) is 0 Å². The zero-order chi connectivity index (χ0) is 8.23. The molecule has 2 aliphatic rings. The van der Waals surface area contributed by atoms with Crippen molar-refractivity contribution in [2.45, 2.75) is 25.4 Å². The molecule has 0 N–H and O–H groups in total. The van der Waals surface area contributed by atoms with Crippen LogP contribution in [0, 0.1) is 5.92 Å². The van der Waals surface area contributed by atoms with Crippen molar-refractivity contribution in [3.63, 3.8) is 0 Å². The molecule has 0 aromatic carbocycles. The van der Waals surface area contributed by atoms with Gasteiger partial charge in [-0.05, 0) is 19.3 Å². The van der Waals surface area contributed by atoms with Crippen molar-refractivity contribution in [3.05, 3.63) is 12.2 Å². The van der Waals surface area contributed by atoms with Crippen LogP contribution in [0.25, 0.3) is 0 Å². The van der Waals surface area contributed by atoms with Gasteiger partial charge in [-0.25, -0.2) is 0 Å². The molecule has 68 valence electrons. The summed E-state index contributed by atoms with van der Waals surface area (Å²) < 4.78 is 11.1. The third kappa shape index (κ3) is 1.87. The van der Waals surface area contributed by atoms with Gasteiger partial charge in [-0.1, -0.05) is 12.2 Å². The Morgan fingerprint density at radius 3 is 2.92 bits per heavy atom. The van der Waals surface area contributed by atoms with E-state index in [1.165, 1.54) is 12.8 Å². The van der Waals surface area contributed by atoms with E-state index < -0.39 is 0 Å². The molecule has 2 heterocycles. The number of hydrogen-bond acceptors (Lipinski definition) is 2. The quantitative estimate of drug-likeness (QED) is 0.555. The van der Waals surface area contributed by atoms with Crippen molar-refractivity contribution in [2.24, 2.45) is 5.92 Å². The SMILES string of the molecule is C1=CCC(C2CCCOC2)OC1. The lowest BCUT2D eigenvalue weighted by atomic mass is 9.93. The number of ether oxygens (including phenoxy) is 2. The van der Waals surface area contributed by atoms with Gasteiger partial charge in [0.15, 0.2) is 0 Å². The van der Waals surface area contributed by atoms with Gasteiger partial charge in [0, 0.05) is 12.5 Å². The minimum absolute atomic E-state index is 0.426. The second kappa shape index (κ2) is 4.06. The Hall–Kier alpha value is -0.340. The first-order valence-electron chi connectivity index (χ1n) is 4.81. The largest absolute Gasteiger partial charge is 0.381 e. The summed E-state index contributed by atoms with van der Waals surface area (Å²) in [5.74, 6) is 0.642. The van der Waals surface area contributed by atoms with Gasteiger partial charge in [-0.3, -0.25) is 0 Å². The van der Waals surface area contributed by atoms with Crippen LogP contribution in [0.1, 0.15) is 19.3 Å². The zero-order valence-corrected chi connectivity index (χ0v) is 7.37. The average Bonchev–Trinajstić information content (AvgIpc) is 2.21. The molecule has 0 aromatic rings. The van der Waals surface area contributed by atoms with E-state index in [0.717, 1.165) is 26.2 Å². The molecule has 0 spiro atoms. The van der Waals surface area contributed by atoms with Crippen molar-refractivity contribution in [2.75, 3.05) is 19.8 Å². The minimum Gasteiger partial charge on any atom is -0.381 e. The Morgan fingerprint density at radius 1 is 1.25 bits per heavy atom. The van der Waals surface area contributed by atoms with E-state index in [9.17, 15) is 0 Å². The molecule has 0 amide bonds. The molecule has 0 saturated carbocycles. The zero-order valence-electron chi connectivity index (χ0n) is 7.37. The van der Waals surface area contributed by atoms with Crippen LogP contribution in [-0.2, 0) is 9.47 Å². The lowest BCUT2D eigenvalue weighted by Gasteiger charge is -2.30. The standard InChI is InChI=1S/C10H16O2/c1-2-7-12-10(5-1)9-4-3-6-11-8-9/h1-2,9-10H,3-8H2. The first kappa shape index (κ1) is 8.27. The maximum absolute atomic E-state index is 5.65. The highest BCUT2D eigenvalue weighted by Crippen LogP contribution is 2.23. The first-order valence-corrected chi connectivity index (χ1v) is 4.81. The minimum atomic E-state index is 0.426. The lowest BCUT2D eigenvalue weighted by Crippen LogP contribution is -2.32. The Balaban J connectivity index is 1.85. The molecule has 2 nitrogen and oxygen atoms in total. The summed E-state index contributed by atoms with van der Waals surface area (Å²) in [5.41, 5.74) is 0. The van der Waals surface area contributed by atoms with Gasteiger partial charge in [0.05, 0.1) is 19.3 Å². The number of hydrogen-bond donors (Lipinski definition) is 0. The molecular formula is C10H16O2. The van der Waals surface area contributed by atoms with Gasteiger partial charge in [-0.15, -0.1) is 0 Å². The van der Waals surface area contributed by atoms with Crippen LogP contribution in [0.4, 0.5) is 0 Å². The summed E-state index contributed by atoms with van der Waals surface area (Å²) in [6.07, 6.45) is 8.30. The molecule has 1 fully saturated rings. The highest BCUT2D eigenvalue weighted by Gasteiger charge is 2.24. The van der Waals surface area contributed by atoms with Crippen molar-refractivity contribution < 1.29 is 9.47 Å². The smallest absolute Gasteiger partial charge is 0.0663 e. The molecule has 0 radical (unpaired) electrons. The Labute approximate surface area is 73.5 Å². The molecule has 2 atom stereocenters. The second-order valence-electron chi connectivity index (χ2n) is 3.56. The topological polar surface area (TPSA) is 18.5 Å². The molecule has 0 aromatic heterocycles. The van der Waals surface area contributed by atoms with Gasteiger partial charge in [0.1, 0.15) is 0 Å². The van der Waals surface area contributed by atoms with E-state index in [1.54, 1.807) is 0 Å². The summed E-state index contributed by atoms with van der Waals surface area (Å²) in [6.45, 7) is 2.64. The van der Waals surface area contributed by atoms with E-state index in [2.05, 4.69) is 12.2 Å². The summed E-state index contributed by atoms with van der Waals surface area (Å²) in [4.78, 5) is 0. The number of rotatable bonds is 1. The van der Waals surface area contributed by atoms with Gasteiger partial charge in [0.25, 0.3) is 0 Å². The van der Waals surface area contributed by atoms with E-state index in [0.29, 0.717) is 12.0 Å². The monoisotopic (exact) mass is 168 g/mol. The van der Waals surface area contributed by atoms with Gasteiger partial charge in [0.2, 0.25) is 0 Å². The van der Waals surface area contributed by atoms with Gasteiger partial charge >= 0.3 is 0 Å². The predicted octanol–water partition coefficient (Wildman–Crippen LogP) is 1.76. The molecule has 2 unspecified atom stereocenters. The van der Waals surface area contributed by atoms with E-state index in [4.69, 9.17) is 9.47 Å². The Morgan fingerprint density at radius 2 is 2.25 bits per heavy atom. The van der Waals surface area contributed by atoms with E-state index >= 15 is 0 Å². The molecule has 12 heavy (non-hydrogen) atoms. The normalized spacial score (nSPS) is 36.7. The first-order chi connectivity index (χ1) is 5.97. The molecule has 2 heteroatoms. The fourth-order valence-corrected chi connectivity index (χ4v) is 1.93. The second-order valence-corrected chi connectivity index (χ2v) is 3.56. The van der Waals surface area contributed by atoms with Crippen LogP contribution < -0.4 is 0 Å². The summed E-state index contributed by atoms with van der Waals surface area (Å²) >= 11 is 0.